The van der Waals surface area contributed by atoms with Gasteiger partial charge in [-0.1, -0.05) is 63.6 Å². The molecule has 10 heteroatoms. The van der Waals surface area contributed by atoms with Gasteiger partial charge in [0.25, 0.3) is 5.91 Å². The Bertz CT molecular complexity index is 1500. The predicted octanol–water partition coefficient (Wildman–Crippen LogP) is 7.52. The number of esters is 1. The molecule has 0 spiro atoms. The lowest BCUT2D eigenvalue weighted by Gasteiger charge is -2.11. The van der Waals surface area contributed by atoms with E-state index in [1.54, 1.807) is 61.5 Å². The van der Waals surface area contributed by atoms with E-state index in [9.17, 15) is 19.1 Å². The number of hydrogen-bond donors (Lipinski definition) is 1. The first-order valence-corrected chi connectivity index (χ1v) is 13.3. The van der Waals surface area contributed by atoms with Crippen molar-refractivity contribution < 1.29 is 28.6 Å². The van der Waals surface area contributed by atoms with Crippen LogP contribution in [0.4, 0.5) is 4.39 Å². The minimum absolute atomic E-state index is 0.0191. The standard InChI is InChI=1S/C28H20BrClFNO5S/c1-2-36-28(35)24-25(33)23(38-27(24)32-26(34)20-8-3-4-9-21(20)30)14-17-13-18(29)10-11-22(17)37-15-16-6-5-7-19(31)12-16/h3-14,33H,2,15H2,1H3/b23-14-,32-27?. The number of benzene rings is 3. The summed E-state index contributed by atoms with van der Waals surface area (Å²) >= 11 is 10.5. The van der Waals surface area contributed by atoms with Crippen LogP contribution in [0.5, 0.6) is 5.75 Å². The molecule has 1 N–H and O–H groups in total. The van der Waals surface area contributed by atoms with Crippen LogP contribution in [0.3, 0.4) is 0 Å². The van der Waals surface area contributed by atoms with Gasteiger partial charge in [0, 0.05) is 10.0 Å². The molecule has 1 heterocycles. The molecular weight excluding hydrogens is 597 g/mol. The highest BCUT2D eigenvalue weighted by Gasteiger charge is 2.34. The van der Waals surface area contributed by atoms with E-state index in [-0.39, 0.29) is 50.9 Å². The Labute approximate surface area is 236 Å². The van der Waals surface area contributed by atoms with Crippen molar-refractivity contribution in [2.45, 2.75) is 13.5 Å². The van der Waals surface area contributed by atoms with Crippen LogP contribution in [-0.4, -0.2) is 28.6 Å². The maximum atomic E-state index is 13.6. The van der Waals surface area contributed by atoms with Gasteiger partial charge < -0.3 is 14.6 Å². The summed E-state index contributed by atoms with van der Waals surface area (Å²) in [7, 11) is 0. The first kappa shape index (κ1) is 27.6. The molecule has 0 saturated heterocycles. The number of aliphatic imine (C=N–C) groups is 1. The van der Waals surface area contributed by atoms with Crippen molar-refractivity contribution in [1.82, 2.24) is 0 Å². The molecule has 38 heavy (non-hydrogen) atoms. The van der Waals surface area contributed by atoms with Crippen LogP contribution >= 0.6 is 39.3 Å². The first-order valence-electron chi connectivity index (χ1n) is 11.3. The van der Waals surface area contributed by atoms with E-state index in [2.05, 4.69) is 20.9 Å². The van der Waals surface area contributed by atoms with Gasteiger partial charge in [0.2, 0.25) is 0 Å². The summed E-state index contributed by atoms with van der Waals surface area (Å²) in [6, 6.07) is 17.7. The summed E-state index contributed by atoms with van der Waals surface area (Å²) < 4.78 is 25.3. The number of aliphatic hydroxyl groups excluding tert-OH is 1. The minimum atomic E-state index is -0.816. The van der Waals surface area contributed by atoms with E-state index in [0.717, 1.165) is 16.2 Å². The lowest BCUT2D eigenvalue weighted by atomic mass is 10.1. The highest BCUT2D eigenvalue weighted by molar-refractivity contribution is 9.10. The molecule has 0 aromatic heterocycles. The number of ether oxygens (including phenoxy) is 2. The average Bonchev–Trinajstić information content (AvgIpc) is 3.18. The maximum Gasteiger partial charge on any atom is 0.344 e. The fraction of sp³-hybridized carbons (Fsp3) is 0.107. The Kier molecular flexibility index (Phi) is 9.04. The lowest BCUT2D eigenvalue weighted by molar-refractivity contribution is -0.138. The monoisotopic (exact) mass is 615 g/mol. The molecular formula is C28H20BrClFNO5S. The molecule has 194 valence electrons. The molecule has 0 unspecified atom stereocenters. The third kappa shape index (κ3) is 6.53. The number of carbonyl (C=O) groups is 2. The number of halogens is 3. The van der Waals surface area contributed by atoms with Crippen molar-refractivity contribution in [3.8, 4) is 5.75 Å². The number of amides is 1. The second kappa shape index (κ2) is 12.4. The highest BCUT2D eigenvalue weighted by Crippen LogP contribution is 2.41. The number of rotatable bonds is 7. The summed E-state index contributed by atoms with van der Waals surface area (Å²) in [5.41, 5.74) is 1.14. The minimum Gasteiger partial charge on any atom is -0.506 e. The molecule has 1 aliphatic rings. The van der Waals surface area contributed by atoms with E-state index >= 15 is 0 Å². The largest absolute Gasteiger partial charge is 0.506 e. The van der Waals surface area contributed by atoms with E-state index in [1.165, 1.54) is 18.2 Å². The summed E-state index contributed by atoms with van der Waals surface area (Å²) in [6.45, 7) is 1.80. The predicted molar refractivity (Wildman–Crippen MR) is 150 cm³/mol. The fourth-order valence-corrected chi connectivity index (χ4v) is 5.07. The number of carbonyl (C=O) groups excluding carboxylic acids is 2. The van der Waals surface area contributed by atoms with Crippen molar-refractivity contribution in [1.29, 1.82) is 0 Å². The van der Waals surface area contributed by atoms with E-state index in [4.69, 9.17) is 21.1 Å². The van der Waals surface area contributed by atoms with E-state index in [1.807, 2.05) is 0 Å². The molecule has 6 nitrogen and oxygen atoms in total. The Morgan fingerprint density at radius 1 is 1.13 bits per heavy atom. The van der Waals surface area contributed by atoms with E-state index in [0.29, 0.717) is 16.9 Å². The Morgan fingerprint density at radius 2 is 1.92 bits per heavy atom. The van der Waals surface area contributed by atoms with Gasteiger partial charge in [-0.25, -0.2) is 14.2 Å². The smallest absolute Gasteiger partial charge is 0.344 e. The average molecular weight is 617 g/mol. The molecule has 0 saturated carbocycles. The summed E-state index contributed by atoms with van der Waals surface area (Å²) in [5.74, 6) is -1.78. The molecule has 0 radical (unpaired) electrons. The number of thioether (sulfide) groups is 1. The summed E-state index contributed by atoms with van der Waals surface area (Å²) in [6.07, 6.45) is 1.60. The lowest BCUT2D eigenvalue weighted by Crippen LogP contribution is -2.14. The third-order valence-corrected chi connectivity index (χ3v) is 7.06. The van der Waals surface area contributed by atoms with Crippen molar-refractivity contribution in [2.24, 2.45) is 4.99 Å². The Morgan fingerprint density at radius 3 is 2.66 bits per heavy atom. The first-order chi connectivity index (χ1) is 18.3. The topological polar surface area (TPSA) is 85.2 Å². The molecule has 0 aliphatic carbocycles. The summed E-state index contributed by atoms with van der Waals surface area (Å²) in [4.78, 5) is 29.9. The number of aliphatic hydroxyl groups is 1. The van der Waals surface area contributed by atoms with Gasteiger partial charge in [-0.2, -0.15) is 0 Å². The Balaban J connectivity index is 1.70. The zero-order chi connectivity index (χ0) is 27.2. The third-order valence-electron chi connectivity index (χ3n) is 5.22. The number of nitrogens with zero attached hydrogens (tertiary/aromatic N) is 1. The molecule has 4 rings (SSSR count). The van der Waals surface area contributed by atoms with Crippen LogP contribution in [0.2, 0.25) is 5.02 Å². The van der Waals surface area contributed by atoms with Crippen LogP contribution in [0.1, 0.15) is 28.4 Å². The number of hydrogen-bond acceptors (Lipinski definition) is 6. The highest BCUT2D eigenvalue weighted by atomic mass is 79.9. The van der Waals surface area contributed by atoms with Crippen LogP contribution < -0.4 is 4.74 Å². The SMILES string of the molecule is CCOC(=O)C1=C(O)/C(=C/c2cc(Br)ccc2OCc2cccc(F)c2)SC1=NC(=O)c1ccccc1Cl. The molecule has 0 atom stereocenters. The fourth-order valence-electron chi connectivity index (χ4n) is 3.47. The second-order valence-corrected chi connectivity index (χ2v) is 10.2. The molecule has 1 amide bonds. The molecule has 1 aliphatic heterocycles. The zero-order valence-corrected chi connectivity index (χ0v) is 23.1. The normalized spacial score (nSPS) is 15.3. The molecule has 0 fully saturated rings. The van der Waals surface area contributed by atoms with Gasteiger partial charge in [-0.15, -0.1) is 0 Å². The Hall–Kier alpha value is -3.40. The van der Waals surface area contributed by atoms with Gasteiger partial charge in [-0.3, -0.25) is 4.79 Å². The zero-order valence-electron chi connectivity index (χ0n) is 19.9. The van der Waals surface area contributed by atoms with Gasteiger partial charge >= 0.3 is 5.97 Å². The van der Waals surface area contributed by atoms with Gasteiger partial charge in [-0.05, 0) is 61.0 Å². The van der Waals surface area contributed by atoms with Crippen LogP contribution in [0, 0.1) is 5.82 Å². The van der Waals surface area contributed by atoms with Crippen molar-refractivity contribution in [2.75, 3.05) is 6.61 Å². The second-order valence-electron chi connectivity index (χ2n) is 7.86. The van der Waals surface area contributed by atoms with Crippen LogP contribution in [0.25, 0.3) is 6.08 Å². The molecule has 3 aromatic carbocycles. The quantitative estimate of drug-likeness (QED) is 0.276. The van der Waals surface area contributed by atoms with Gasteiger partial charge in [0.1, 0.15) is 34.5 Å². The van der Waals surface area contributed by atoms with E-state index < -0.39 is 11.9 Å². The van der Waals surface area contributed by atoms with Crippen LogP contribution in [-0.2, 0) is 16.1 Å². The maximum absolute atomic E-state index is 13.6. The van der Waals surface area contributed by atoms with Crippen LogP contribution in [0.15, 0.2) is 92.4 Å². The van der Waals surface area contributed by atoms with Gasteiger partial charge in [0.05, 0.1) is 22.1 Å². The molecule has 0 bridgehead atoms. The molecule has 3 aromatic rings. The summed E-state index contributed by atoms with van der Waals surface area (Å²) in [5, 5.41) is 11.2. The van der Waals surface area contributed by atoms with Crippen molar-refractivity contribution in [3.63, 3.8) is 0 Å². The van der Waals surface area contributed by atoms with Crippen molar-refractivity contribution >= 4 is 62.3 Å². The van der Waals surface area contributed by atoms with Crippen molar-refractivity contribution in [3.05, 3.63) is 115 Å². The van der Waals surface area contributed by atoms with Gasteiger partial charge in [0.15, 0.2) is 0 Å².